The van der Waals surface area contributed by atoms with Crippen LogP contribution in [0.3, 0.4) is 0 Å². The number of hydrogen-bond donors (Lipinski definition) is 3. The minimum absolute atomic E-state index is 0.0252. The average Bonchev–Trinajstić information content (AvgIpc) is 3.72. The van der Waals surface area contributed by atoms with Gasteiger partial charge in [-0.15, -0.1) is 11.3 Å². The number of amides is 2. The second-order valence-corrected chi connectivity index (χ2v) is 10.7. The summed E-state index contributed by atoms with van der Waals surface area (Å²) in [6.07, 6.45) is 9.07. The highest BCUT2D eigenvalue weighted by Crippen LogP contribution is 2.45. The molecule has 1 unspecified atom stereocenters. The lowest BCUT2D eigenvalue weighted by Crippen LogP contribution is -2.27. The molecular weight excluding hydrogens is 510 g/mol. The number of pyridine rings is 1. The van der Waals surface area contributed by atoms with Crippen LogP contribution in [0.15, 0.2) is 72.0 Å². The number of anilines is 1. The van der Waals surface area contributed by atoms with Gasteiger partial charge in [0.25, 0.3) is 11.8 Å². The first-order valence-corrected chi connectivity index (χ1v) is 13.5. The number of aryl methyl sites for hydroxylation is 1. The summed E-state index contributed by atoms with van der Waals surface area (Å²) < 4.78 is 0. The predicted molar refractivity (Wildman–Crippen MR) is 152 cm³/mol. The van der Waals surface area contributed by atoms with Crippen LogP contribution in [0.2, 0.25) is 0 Å². The lowest BCUT2D eigenvalue weighted by Gasteiger charge is -2.23. The highest BCUT2D eigenvalue weighted by atomic mass is 32.1. The average molecular weight is 534 g/mol. The summed E-state index contributed by atoms with van der Waals surface area (Å²) in [7, 11) is 0. The topological polar surface area (TPSA) is 111 Å². The normalized spacial score (nSPS) is 16.6. The molecule has 2 aliphatic rings. The van der Waals surface area contributed by atoms with E-state index in [1.54, 1.807) is 29.4 Å². The number of rotatable bonds is 4. The Balaban J connectivity index is 1.11. The number of nitrogens with one attached hydrogen (secondary N) is 3. The lowest BCUT2D eigenvalue weighted by molar-refractivity contribution is -0.123. The van der Waals surface area contributed by atoms with Crippen molar-refractivity contribution < 1.29 is 14.4 Å². The zero-order valence-corrected chi connectivity index (χ0v) is 21.8. The maximum Gasteiger partial charge on any atom is 0.272 e. The largest absolute Gasteiger partial charge is 0.351 e. The summed E-state index contributed by atoms with van der Waals surface area (Å²) in [5.74, 6) is -0.374. The van der Waals surface area contributed by atoms with Crippen LogP contribution < -0.4 is 5.32 Å². The monoisotopic (exact) mass is 533 g/mol. The zero-order chi connectivity index (χ0) is 26.7. The van der Waals surface area contributed by atoms with Crippen LogP contribution in [0, 0.1) is 6.92 Å². The molecule has 5 heterocycles. The first kappa shape index (κ1) is 23.4. The van der Waals surface area contributed by atoms with E-state index in [0.717, 1.165) is 50.0 Å². The summed E-state index contributed by atoms with van der Waals surface area (Å²) in [4.78, 5) is 51.9. The number of likely N-dealkylation sites (tertiary alicyclic amines) is 1. The second-order valence-electron chi connectivity index (χ2n) is 9.85. The van der Waals surface area contributed by atoms with E-state index < -0.39 is 0 Å². The van der Waals surface area contributed by atoms with Crippen LogP contribution in [0.1, 0.15) is 49.2 Å². The Kier molecular flexibility index (Phi) is 5.34. The number of para-hydroxylation sites is 1. The van der Waals surface area contributed by atoms with Crippen LogP contribution in [-0.2, 0) is 4.79 Å². The molecule has 0 radical (unpaired) electrons. The molecule has 0 bridgehead atoms. The van der Waals surface area contributed by atoms with Crippen molar-refractivity contribution in [1.29, 1.82) is 0 Å². The number of H-pyrrole nitrogens is 2. The van der Waals surface area contributed by atoms with E-state index in [0.29, 0.717) is 23.6 Å². The minimum atomic E-state index is -0.266. The third kappa shape index (κ3) is 3.90. The van der Waals surface area contributed by atoms with Gasteiger partial charge in [-0.3, -0.25) is 14.4 Å². The first-order valence-electron chi connectivity index (χ1n) is 12.7. The van der Waals surface area contributed by atoms with E-state index in [9.17, 15) is 14.4 Å². The minimum Gasteiger partial charge on any atom is -0.351 e. The molecule has 39 heavy (non-hydrogen) atoms. The SMILES string of the molecule is Cc1csc2c1C1CCN(C(=O)/C=C/c3c[nH]c4ncc(NC(=O)c5cc6ccccc6[nH]5)cc34)C1=CC2=O. The van der Waals surface area contributed by atoms with Gasteiger partial charge < -0.3 is 20.2 Å². The highest BCUT2D eigenvalue weighted by molar-refractivity contribution is 7.12. The van der Waals surface area contributed by atoms with Gasteiger partial charge in [0.05, 0.1) is 16.8 Å². The summed E-state index contributed by atoms with van der Waals surface area (Å²) in [5.41, 5.74) is 6.28. The highest BCUT2D eigenvalue weighted by Gasteiger charge is 2.39. The molecule has 1 fully saturated rings. The number of ketones is 1. The Labute approximate surface area is 227 Å². The van der Waals surface area contributed by atoms with E-state index in [2.05, 4.69) is 20.3 Å². The van der Waals surface area contributed by atoms with Crippen molar-refractivity contribution in [2.75, 3.05) is 11.9 Å². The van der Waals surface area contributed by atoms with Gasteiger partial charge in [0, 0.05) is 58.4 Å². The zero-order valence-electron chi connectivity index (χ0n) is 20.9. The van der Waals surface area contributed by atoms with Crippen molar-refractivity contribution in [3.8, 4) is 0 Å². The van der Waals surface area contributed by atoms with Crippen LogP contribution >= 0.6 is 11.3 Å². The molecule has 8 nitrogen and oxygen atoms in total. The molecule has 2 amide bonds. The van der Waals surface area contributed by atoms with E-state index in [-0.39, 0.29) is 23.5 Å². The quantitative estimate of drug-likeness (QED) is 0.255. The smallest absolute Gasteiger partial charge is 0.272 e. The van der Waals surface area contributed by atoms with E-state index in [1.165, 1.54) is 17.4 Å². The van der Waals surface area contributed by atoms with Crippen molar-refractivity contribution in [3.63, 3.8) is 0 Å². The van der Waals surface area contributed by atoms with Gasteiger partial charge in [0.15, 0.2) is 5.78 Å². The second kappa shape index (κ2) is 8.92. The number of hydrogen-bond acceptors (Lipinski definition) is 5. The number of nitrogens with zero attached hydrogens (tertiary/aromatic N) is 2. The van der Waals surface area contributed by atoms with Gasteiger partial charge in [-0.05, 0) is 54.1 Å². The van der Waals surface area contributed by atoms with Gasteiger partial charge >= 0.3 is 0 Å². The summed E-state index contributed by atoms with van der Waals surface area (Å²) in [6.45, 7) is 2.60. The Morgan fingerprint density at radius 2 is 2.10 bits per heavy atom. The molecule has 1 aliphatic carbocycles. The molecule has 1 aliphatic heterocycles. The van der Waals surface area contributed by atoms with Crippen molar-refractivity contribution in [3.05, 3.63) is 99.3 Å². The van der Waals surface area contributed by atoms with Crippen LogP contribution in [0.5, 0.6) is 0 Å². The van der Waals surface area contributed by atoms with E-state index in [1.807, 2.05) is 48.7 Å². The number of thiophene rings is 1. The van der Waals surface area contributed by atoms with E-state index in [4.69, 9.17) is 0 Å². The molecule has 0 saturated carbocycles. The molecule has 9 heteroatoms. The molecule has 3 N–H and O–H groups in total. The third-order valence-corrected chi connectivity index (χ3v) is 8.58. The lowest BCUT2D eigenvalue weighted by atomic mass is 9.87. The Morgan fingerprint density at radius 1 is 1.23 bits per heavy atom. The maximum atomic E-state index is 13.2. The number of carbonyl (C=O) groups excluding carboxylic acids is 3. The van der Waals surface area contributed by atoms with Crippen molar-refractivity contribution in [1.82, 2.24) is 19.9 Å². The van der Waals surface area contributed by atoms with Crippen LogP contribution in [0.4, 0.5) is 5.69 Å². The van der Waals surface area contributed by atoms with Gasteiger partial charge in [0.1, 0.15) is 11.3 Å². The van der Waals surface area contributed by atoms with Crippen LogP contribution in [-0.4, -0.2) is 44.0 Å². The summed E-state index contributed by atoms with van der Waals surface area (Å²) in [5, 5.41) is 6.66. The first-order chi connectivity index (χ1) is 19.0. The fourth-order valence-corrected chi connectivity index (χ4v) is 6.61. The van der Waals surface area contributed by atoms with Gasteiger partial charge in [-0.25, -0.2) is 4.98 Å². The predicted octanol–water partition coefficient (Wildman–Crippen LogP) is 5.78. The fraction of sp³-hybridized carbons (Fsp3) is 0.133. The van der Waals surface area contributed by atoms with Crippen molar-refractivity contribution in [2.24, 2.45) is 0 Å². The summed E-state index contributed by atoms with van der Waals surface area (Å²) in [6, 6.07) is 11.4. The van der Waals surface area contributed by atoms with Crippen molar-refractivity contribution >= 4 is 62.6 Å². The molecule has 7 rings (SSSR count). The Morgan fingerprint density at radius 3 is 2.97 bits per heavy atom. The number of aromatic nitrogens is 3. The molecule has 4 aromatic heterocycles. The molecule has 5 aromatic rings. The molecule has 192 valence electrons. The summed E-state index contributed by atoms with van der Waals surface area (Å²) >= 11 is 1.48. The number of aromatic amines is 2. The number of fused-ring (bicyclic) bond motifs is 5. The molecular formula is C30H23N5O3S. The number of carbonyl (C=O) groups is 3. The standard InChI is InChI=1S/C30H23N5O3S/c1-16-15-39-28-25(36)12-24-20(27(16)28)8-9-35(24)26(37)7-6-18-13-31-29-21(18)11-19(14-32-29)33-30(38)23-10-17-4-2-3-5-22(17)34-23/h2-7,10-15,20,34H,8-9H2,1H3,(H,31,32)(H,33,38)/b7-6+. The number of allylic oxidation sites excluding steroid dienone is 2. The molecule has 1 saturated heterocycles. The molecule has 0 spiro atoms. The maximum absolute atomic E-state index is 13.2. The fourth-order valence-electron chi connectivity index (χ4n) is 5.58. The van der Waals surface area contributed by atoms with Gasteiger partial charge in [-0.1, -0.05) is 18.2 Å². The Bertz CT molecular complexity index is 1860. The van der Waals surface area contributed by atoms with Gasteiger partial charge in [0.2, 0.25) is 0 Å². The van der Waals surface area contributed by atoms with Gasteiger partial charge in [-0.2, -0.15) is 0 Å². The third-order valence-electron chi connectivity index (χ3n) is 7.45. The number of benzene rings is 1. The molecule has 1 atom stereocenters. The van der Waals surface area contributed by atoms with Crippen molar-refractivity contribution in [2.45, 2.75) is 19.3 Å². The van der Waals surface area contributed by atoms with E-state index >= 15 is 0 Å². The Hall–Kier alpha value is -4.76. The molecule has 1 aromatic carbocycles. The van der Waals surface area contributed by atoms with Crippen LogP contribution in [0.25, 0.3) is 28.0 Å².